The van der Waals surface area contributed by atoms with Gasteiger partial charge in [-0.2, -0.15) is 0 Å². The summed E-state index contributed by atoms with van der Waals surface area (Å²) in [5.74, 6) is -0.833. The number of aliphatic carboxylic acids is 1. The Balaban J connectivity index is 2.56. The number of benzene rings is 1. The van der Waals surface area contributed by atoms with Gasteiger partial charge in [0.2, 0.25) is 5.91 Å². The number of hydrogen-bond donors (Lipinski definition) is 2. The summed E-state index contributed by atoms with van der Waals surface area (Å²) >= 11 is 0. The molecule has 0 heterocycles. The first-order valence-electron chi connectivity index (χ1n) is 7.88. The lowest BCUT2D eigenvalue weighted by atomic mass is 10.0. The van der Waals surface area contributed by atoms with E-state index in [1.807, 2.05) is 24.3 Å². The summed E-state index contributed by atoms with van der Waals surface area (Å²) in [5, 5.41) is 11.5. The second-order valence-electron chi connectivity index (χ2n) is 5.67. The zero-order valence-corrected chi connectivity index (χ0v) is 13.9. The fourth-order valence-electron chi connectivity index (χ4n) is 1.90. The second-order valence-corrected chi connectivity index (χ2v) is 5.67. The van der Waals surface area contributed by atoms with Gasteiger partial charge in [0.25, 0.3) is 0 Å². The Bertz CT molecular complexity index is 534. The number of ether oxygens (including phenoxy) is 1. The normalized spacial score (nSPS) is 12.3. The smallest absolute Gasteiger partial charge is 0.326 e. The molecule has 2 N–H and O–H groups in total. The van der Waals surface area contributed by atoms with E-state index in [1.165, 1.54) is 6.08 Å². The van der Waals surface area contributed by atoms with Gasteiger partial charge in [0.1, 0.15) is 11.8 Å². The molecule has 0 aliphatic carbocycles. The zero-order chi connectivity index (χ0) is 17.2. The fourth-order valence-corrected chi connectivity index (χ4v) is 1.90. The number of carboxylic acids is 1. The van der Waals surface area contributed by atoms with Gasteiger partial charge in [0.15, 0.2) is 0 Å². The third-order valence-corrected chi connectivity index (χ3v) is 3.30. The first-order valence-corrected chi connectivity index (χ1v) is 7.88. The van der Waals surface area contributed by atoms with Crippen molar-refractivity contribution < 1.29 is 19.4 Å². The molecule has 0 aliphatic rings. The van der Waals surface area contributed by atoms with Crippen LogP contribution in [0, 0.1) is 5.92 Å². The van der Waals surface area contributed by atoms with Crippen LogP contribution in [-0.4, -0.2) is 29.6 Å². The van der Waals surface area contributed by atoms with Gasteiger partial charge in [-0.15, -0.1) is 0 Å². The predicted octanol–water partition coefficient (Wildman–Crippen LogP) is 3.10. The average molecular weight is 319 g/mol. The maximum Gasteiger partial charge on any atom is 0.326 e. The fraction of sp³-hybridized carbons (Fsp3) is 0.444. The predicted molar refractivity (Wildman–Crippen MR) is 90.3 cm³/mol. The molecule has 1 atom stereocenters. The molecule has 126 valence electrons. The topological polar surface area (TPSA) is 75.6 Å². The Hall–Kier alpha value is -2.30. The zero-order valence-electron chi connectivity index (χ0n) is 13.9. The number of amides is 1. The summed E-state index contributed by atoms with van der Waals surface area (Å²) in [4.78, 5) is 22.8. The Labute approximate surface area is 137 Å². The number of unbranched alkanes of at least 4 members (excludes halogenated alkanes) is 1. The van der Waals surface area contributed by atoms with Crippen LogP contribution < -0.4 is 10.1 Å². The highest BCUT2D eigenvalue weighted by Gasteiger charge is 2.22. The van der Waals surface area contributed by atoms with Crippen LogP contribution in [0.4, 0.5) is 0 Å². The number of carboxylic acid groups (broad SMARTS) is 1. The molecule has 0 saturated carbocycles. The molecule has 0 bridgehead atoms. The van der Waals surface area contributed by atoms with E-state index in [1.54, 1.807) is 19.9 Å². The van der Waals surface area contributed by atoms with Crippen LogP contribution in [0.5, 0.6) is 5.75 Å². The van der Waals surface area contributed by atoms with Gasteiger partial charge in [-0.3, -0.25) is 4.79 Å². The number of rotatable bonds is 9. The van der Waals surface area contributed by atoms with Crippen LogP contribution >= 0.6 is 0 Å². The summed E-state index contributed by atoms with van der Waals surface area (Å²) < 4.78 is 5.56. The van der Waals surface area contributed by atoms with Crippen LogP contribution in [-0.2, 0) is 9.59 Å². The van der Waals surface area contributed by atoms with Crippen molar-refractivity contribution in [1.29, 1.82) is 0 Å². The van der Waals surface area contributed by atoms with E-state index in [9.17, 15) is 9.59 Å². The maximum absolute atomic E-state index is 11.8. The minimum atomic E-state index is -1.03. The molecule has 1 aromatic rings. The van der Waals surface area contributed by atoms with Crippen LogP contribution in [0.2, 0.25) is 0 Å². The highest BCUT2D eigenvalue weighted by Crippen LogP contribution is 2.13. The van der Waals surface area contributed by atoms with Crippen molar-refractivity contribution in [2.24, 2.45) is 5.92 Å². The lowest BCUT2D eigenvalue weighted by Crippen LogP contribution is -2.43. The summed E-state index contributed by atoms with van der Waals surface area (Å²) in [6, 6.07) is 6.51. The lowest BCUT2D eigenvalue weighted by molar-refractivity contribution is -0.142. The van der Waals surface area contributed by atoms with Gasteiger partial charge in [-0.25, -0.2) is 4.79 Å². The molecule has 0 saturated heterocycles. The molecule has 0 unspecified atom stereocenters. The largest absolute Gasteiger partial charge is 0.494 e. The Morgan fingerprint density at radius 2 is 1.91 bits per heavy atom. The summed E-state index contributed by atoms with van der Waals surface area (Å²) in [5.41, 5.74) is 0.847. The van der Waals surface area contributed by atoms with E-state index in [0.717, 1.165) is 24.2 Å². The highest BCUT2D eigenvalue weighted by molar-refractivity contribution is 5.94. The van der Waals surface area contributed by atoms with Crippen LogP contribution in [0.15, 0.2) is 30.3 Å². The van der Waals surface area contributed by atoms with Gasteiger partial charge in [-0.1, -0.05) is 39.3 Å². The quantitative estimate of drug-likeness (QED) is 0.542. The van der Waals surface area contributed by atoms with Crippen LogP contribution in [0.3, 0.4) is 0 Å². The number of hydrogen-bond acceptors (Lipinski definition) is 3. The second kappa shape index (κ2) is 9.66. The lowest BCUT2D eigenvalue weighted by Gasteiger charge is -2.16. The highest BCUT2D eigenvalue weighted by atomic mass is 16.5. The average Bonchev–Trinajstić information content (AvgIpc) is 2.51. The minimum absolute atomic E-state index is 0.176. The van der Waals surface area contributed by atoms with E-state index >= 15 is 0 Å². The molecular weight excluding hydrogens is 294 g/mol. The Kier molecular flexibility index (Phi) is 7.88. The molecule has 1 amide bonds. The summed E-state index contributed by atoms with van der Waals surface area (Å²) in [7, 11) is 0. The molecule has 0 aromatic heterocycles. The van der Waals surface area contributed by atoms with Crippen LogP contribution in [0.1, 0.15) is 39.2 Å². The third kappa shape index (κ3) is 7.00. The molecule has 5 nitrogen and oxygen atoms in total. The molecule has 0 aliphatic heterocycles. The summed E-state index contributed by atoms with van der Waals surface area (Å²) in [6.45, 7) is 6.30. The first kappa shape index (κ1) is 18.7. The van der Waals surface area contributed by atoms with Gasteiger partial charge in [0, 0.05) is 6.08 Å². The van der Waals surface area contributed by atoms with Crippen molar-refractivity contribution >= 4 is 18.0 Å². The number of nitrogens with one attached hydrogen (secondary N) is 1. The van der Waals surface area contributed by atoms with Gasteiger partial charge < -0.3 is 15.2 Å². The maximum atomic E-state index is 11.8. The minimum Gasteiger partial charge on any atom is -0.494 e. The van der Waals surface area contributed by atoms with E-state index in [0.29, 0.717) is 6.61 Å². The van der Waals surface area contributed by atoms with Crippen molar-refractivity contribution in [3.05, 3.63) is 35.9 Å². The van der Waals surface area contributed by atoms with E-state index in [4.69, 9.17) is 9.84 Å². The van der Waals surface area contributed by atoms with Crippen molar-refractivity contribution in [2.45, 2.75) is 39.7 Å². The Morgan fingerprint density at radius 1 is 1.26 bits per heavy atom. The van der Waals surface area contributed by atoms with E-state index in [2.05, 4.69) is 12.2 Å². The molecular formula is C18H25NO4. The van der Waals surface area contributed by atoms with Gasteiger partial charge in [0.05, 0.1) is 6.61 Å². The molecule has 0 spiro atoms. The molecule has 1 aromatic carbocycles. The SMILES string of the molecule is CCCCOc1ccc(/C=C/C(=O)N[C@H](C(=O)O)C(C)C)cc1. The first-order chi connectivity index (χ1) is 10.9. The number of carbonyl (C=O) groups is 2. The molecule has 0 fully saturated rings. The van der Waals surface area contributed by atoms with E-state index in [-0.39, 0.29) is 5.92 Å². The van der Waals surface area contributed by atoms with Gasteiger partial charge >= 0.3 is 5.97 Å². The van der Waals surface area contributed by atoms with Gasteiger partial charge in [-0.05, 0) is 36.1 Å². The molecule has 0 radical (unpaired) electrons. The van der Waals surface area contributed by atoms with Crippen molar-refractivity contribution in [3.63, 3.8) is 0 Å². The Morgan fingerprint density at radius 3 is 2.43 bits per heavy atom. The number of carbonyl (C=O) groups excluding carboxylic acids is 1. The van der Waals surface area contributed by atoms with E-state index < -0.39 is 17.9 Å². The van der Waals surface area contributed by atoms with Crippen molar-refractivity contribution in [3.8, 4) is 5.75 Å². The van der Waals surface area contributed by atoms with Crippen molar-refractivity contribution in [1.82, 2.24) is 5.32 Å². The van der Waals surface area contributed by atoms with Crippen molar-refractivity contribution in [2.75, 3.05) is 6.61 Å². The monoisotopic (exact) mass is 319 g/mol. The molecule has 23 heavy (non-hydrogen) atoms. The summed E-state index contributed by atoms with van der Waals surface area (Å²) in [6.07, 6.45) is 5.09. The standard InChI is InChI=1S/C18H25NO4/c1-4-5-12-23-15-9-6-14(7-10-15)8-11-16(20)19-17(13(2)3)18(21)22/h6-11,13,17H,4-5,12H2,1-3H3,(H,19,20)(H,21,22)/b11-8+/t17-/m0/s1. The molecule has 5 heteroatoms. The third-order valence-electron chi connectivity index (χ3n) is 3.30. The van der Waals surface area contributed by atoms with Crippen LogP contribution in [0.25, 0.3) is 6.08 Å². The molecule has 1 rings (SSSR count).